The molecule has 0 spiro atoms. The van der Waals surface area contributed by atoms with Crippen LogP contribution in [0.25, 0.3) is 0 Å². The van der Waals surface area contributed by atoms with Crippen molar-refractivity contribution in [2.24, 2.45) is 0 Å². The van der Waals surface area contributed by atoms with E-state index in [1.165, 1.54) is 0 Å². The van der Waals surface area contributed by atoms with Crippen molar-refractivity contribution in [3.63, 3.8) is 0 Å². The van der Waals surface area contributed by atoms with E-state index in [9.17, 15) is 5.11 Å². The van der Waals surface area contributed by atoms with Gasteiger partial charge in [0.2, 0.25) is 0 Å². The molecule has 3 N–H and O–H groups in total. The van der Waals surface area contributed by atoms with Gasteiger partial charge in [-0.25, -0.2) is 0 Å². The molecule has 0 saturated carbocycles. The van der Waals surface area contributed by atoms with Gasteiger partial charge in [0.25, 0.3) is 0 Å². The molecule has 0 bridgehead atoms. The molecular weight excluding hydrogens is 212 g/mol. The van der Waals surface area contributed by atoms with E-state index in [2.05, 4.69) is 0 Å². The maximum absolute atomic E-state index is 9.71. The number of halogens is 1. The van der Waals surface area contributed by atoms with Gasteiger partial charge in [-0.1, -0.05) is 17.7 Å². The Morgan fingerprint density at radius 3 is 2.53 bits per heavy atom. The van der Waals surface area contributed by atoms with E-state index in [1.807, 2.05) is 11.9 Å². The summed E-state index contributed by atoms with van der Waals surface area (Å²) in [7, 11) is 1.86. The molecule has 0 aromatic heterocycles. The molecule has 84 valence electrons. The largest absolute Gasteiger partial charge is 0.397 e. The normalized spacial score (nSPS) is 11.5. The van der Waals surface area contributed by atoms with Crippen LogP contribution >= 0.6 is 11.6 Å². The average molecular weight is 229 g/mol. The van der Waals surface area contributed by atoms with Gasteiger partial charge in [0.05, 0.1) is 22.0 Å². The van der Waals surface area contributed by atoms with Gasteiger partial charge in [-0.3, -0.25) is 0 Å². The lowest BCUT2D eigenvalue weighted by Gasteiger charge is -2.28. The summed E-state index contributed by atoms with van der Waals surface area (Å²) in [5, 5.41) is 10.3. The van der Waals surface area contributed by atoms with Crippen molar-refractivity contribution < 1.29 is 5.11 Å². The summed E-state index contributed by atoms with van der Waals surface area (Å²) in [5.74, 6) is 0. The number of nitrogens with two attached hydrogens (primary N) is 1. The number of rotatable bonds is 3. The highest BCUT2D eigenvalue weighted by Gasteiger charge is 2.18. The lowest BCUT2D eigenvalue weighted by atomic mass is 10.1. The number of hydrogen-bond donors (Lipinski definition) is 2. The van der Waals surface area contributed by atoms with Crippen molar-refractivity contribution in [3.8, 4) is 0 Å². The summed E-state index contributed by atoms with van der Waals surface area (Å²) >= 11 is 6.05. The van der Waals surface area contributed by atoms with E-state index in [4.69, 9.17) is 17.3 Å². The van der Waals surface area contributed by atoms with Crippen molar-refractivity contribution in [1.82, 2.24) is 0 Å². The van der Waals surface area contributed by atoms with Gasteiger partial charge in [-0.05, 0) is 26.0 Å². The van der Waals surface area contributed by atoms with E-state index in [1.54, 1.807) is 32.0 Å². The number of likely N-dealkylation sites (N-methyl/N-ethyl adjacent to an activating group) is 1. The third-order valence-electron chi connectivity index (χ3n) is 2.02. The summed E-state index contributed by atoms with van der Waals surface area (Å²) in [5.41, 5.74) is 6.44. The van der Waals surface area contributed by atoms with Crippen LogP contribution in [0.5, 0.6) is 0 Å². The number of para-hydroxylation sites is 1. The first-order valence-corrected chi connectivity index (χ1v) is 5.16. The van der Waals surface area contributed by atoms with Crippen LogP contribution in [-0.4, -0.2) is 24.3 Å². The Morgan fingerprint density at radius 2 is 2.07 bits per heavy atom. The molecule has 3 nitrogen and oxygen atoms in total. The number of hydrogen-bond acceptors (Lipinski definition) is 3. The number of nitrogens with zero attached hydrogens (tertiary/aromatic N) is 1. The summed E-state index contributed by atoms with van der Waals surface area (Å²) < 4.78 is 0. The van der Waals surface area contributed by atoms with Gasteiger partial charge >= 0.3 is 0 Å². The Bertz CT molecular complexity index is 327. The fourth-order valence-corrected chi connectivity index (χ4v) is 1.92. The van der Waals surface area contributed by atoms with Crippen LogP contribution in [0.3, 0.4) is 0 Å². The summed E-state index contributed by atoms with van der Waals surface area (Å²) in [6.45, 7) is 3.97. The second-order valence-corrected chi connectivity index (χ2v) is 4.75. The molecule has 1 aromatic carbocycles. The van der Waals surface area contributed by atoms with Gasteiger partial charge in [-0.2, -0.15) is 0 Å². The lowest BCUT2D eigenvalue weighted by molar-refractivity contribution is 0.0886. The zero-order valence-corrected chi connectivity index (χ0v) is 10.0. The molecule has 0 radical (unpaired) electrons. The second kappa shape index (κ2) is 4.29. The van der Waals surface area contributed by atoms with E-state index in [0.29, 0.717) is 17.3 Å². The highest BCUT2D eigenvalue weighted by molar-refractivity contribution is 6.33. The molecule has 0 aliphatic heterocycles. The fraction of sp³-hybridized carbons (Fsp3) is 0.455. The van der Waals surface area contributed by atoms with Crippen molar-refractivity contribution >= 4 is 23.0 Å². The maximum Gasteiger partial charge on any atom is 0.0787 e. The highest BCUT2D eigenvalue weighted by atomic mass is 35.5. The van der Waals surface area contributed by atoms with Crippen molar-refractivity contribution in [2.45, 2.75) is 19.4 Å². The van der Waals surface area contributed by atoms with Crippen LogP contribution < -0.4 is 10.6 Å². The minimum absolute atomic E-state index is 0.473. The number of nitrogen functional groups attached to an aromatic ring is 1. The van der Waals surface area contributed by atoms with Gasteiger partial charge in [0.1, 0.15) is 0 Å². The predicted molar refractivity (Wildman–Crippen MR) is 65.4 cm³/mol. The Balaban J connectivity index is 2.96. The topological polar surface area (TPSA) is 49.5 Å². The Morgan fingerprint density at radius 1 is 1.47 bits per heavy atom. The molecule has 0 saturated heterocycles. The van der Waals surface area contributed by atoms with E-state index in [0.717, 1.165) is 5.69 Å². The standard InChI is InChI=1S/C11H17ClN2O/c1-11(2,15)7-14(3)10-8(12)5-4-6-9(10)13/h4-6,15H,7,13H2,1-3H3. The SMILES string of the molecule is CN(CC(C)(C)O)c1c(N)cccc1Cl. The molecule has 0 aliphatic carbocycles. The highest BCUT2D eigenvalue weighted by Crippen LogP contribution is 2.31. The third kappa shape index (κ3) is 3.29. The molecule has 15 heavy (non-hydrogen) atoms. The van der Waals surface area contributed by atoms with Gasteiger partial charge in [-0.15, -0.1) is 0 Å². The number of aliphatic hydroxyl groups is 1. The van der Waals surface area contributed by atoms with E-state index in [-0.39, 0.29) is 0 Å². The van der Waals surface area contributed by atoms with Crippen LogP contribution in [0, 0.1) is 0 Å². The summed E-state index contributed by atoms with van der Waals surface area (Å²) in [6.07, 6.45) is 0. The van der Waals surface area contributed by atoms with Crippen LogP contribution in [0.2, 0.25) is 5.02 Å². The minimum Gasteiger partial charge on any atom is -0.397 e. The zero-order valence-electron chi connectivity index (χ0n) is 9.29. The molecular formula is C11H17ClN2O. The lowest BCUT2D eigenvalue weighted by Crippen LogP contribution is -2.36. The molecule has 0 atom stereocenters. The molecule has 1 aromatic rings. The zero-order chi connectivity index (χ0) is 11.6. The van der Waals surface area contributed by atoms with Crippen LogP contribution in [0.15, 0.2) is 18.2 Å². The van der Waals surface area contributed by atoms with Crippen molar-refractivity contribution in [1.29, 1.82) is 0 Å². The predicted octanol–water partition coefficient (Wildman–Crippen LogP) is 2.13. The van der Waals surface area contributed by atoms with E-state index >= 15 is 0 Å². The Kier molecular flexibility index (Phi) is 3.47. The Hall–Kier alpha value is -0.930. The average Bonchev–Trinajstić information content (AvgIpc) is 1.99. The van der Waals surface area contributed by atoms with Crippen LogP contribution in [0.1, 0.15) is 13.8 Å². The Labute approximate surface area is 95.5 Å². The van der Waals surface area contributed by atoms with Gasteiger partial charge in [0.15, 0.2) is 0 Å². The first-order chi connectivity index (χ1) is 6.81. The summed E-state index contributed by atoms with van der Waals surface area (Å²) in [4.78, 5) is 1.86. The molecule has 0 aliphatic rings. The molecule has 1 rings (SSSR count). The maximum atomic E-state index is 9.71. The van der Waals surface area contributed by atoms with Crippen LogP contribution in [-0.2, 0) is 0 Å². The fourth-order valence-electron chi connectivity index (χ4n) is 1.59. The van der Waals surface area contributed by atoms with E-state index < -0.39 is 5.60 Å². The third-order valence-corrected chi connectivity index (χ3v) is 2.33. The monoisotopic (exact) mass is 228 g/mol. The first-order valence-electron chi connectivity index (χ1n) is 4.79. The van der Waals surface area contributed by atoms with Crippen molar-refractivity contribution in [2.75, 3.05) is 24.2 Å². The van der Waals surface area contributed by atoms with Gasteiger partial charge in [0, 0.05) is 13.6 Å². The molecule has 0 unspecified atom stereocenters. The molecule has 0 amide bonds. The minimum atomic E-state index is -0.777. The molecule has 0 fully saturated rings. The molecule has 4 heteroatoms. The second-order valence-electron chi connectivity index (χ2n) is 4.35. The smallest absolute Gasteiger partial charge is 0.0787 e. The molecule has 0 heterocycles. The van der Waals surface area contributed by atoms with Crippen molar-refractivity contribution in [3.05, 3.63) is 23.2 Å². The first kappa shape index (κ1) is 12.1. The van der Waals surface area contributed by atoms with Gasteiger partial charge < -0.3 is 15.7 Å². The van der Waals surface area contributed by atoms with Crippen LogP contribution in [0.4, 0.5) is 11.4 Å². The number of anilines is 2. The quantitative estimate of drug-likeness (QED) is 0.780. The summed E-state index contributed by atoms with van der Waals surface area (Å²) in [6, 6.07) is 5.38. The number of benzene rings is 1.